The molecule has 0 aliphatic heterocycles. The van der Waals surface area contributed by atoms with Gasteiger partial charge in [0, 0.05) is 11.1 Å². The molecular weight excluding hydrogens is 372 g/mol. The summed E-state index contributed by atoms with van der Waals surface area (Å²) in [6, 6.07) is 13.3. The average Bonchev–Trinajstić information content (AvgIpc) is 2.79. The van der Waals surface area contributed by atoms with E-state index in [1.54, 1.807) is 12.1 Å². The van der Waals surface area contributed by atoms with E-state index in [4.69, 9.17) is 0 Å². The first kappa shape index (κ1) is 32.3. The van der Waals surface area contributed by atoms with E-state index in [-0.39, 0.29) is 29.2 Å². The van der Waals surface area contributed by atoms with E-state index < -0.39 is 0 Å². The molecule has 3 heteroatoms. The van der Waals surface area contributed by atoms with Crippen LogP contribution in [0.25, 0.3) is 0 Å². The lowest BCUT2D eigenvalue weighted by Gasteiger charge is -2.18. The first-order valence-electron chi connectivity index (χ1n) is 11.2. The van der Waals surface area contributed by atoms with Crippen LogP contribution in [0.4, 0.5) is 0 Å². The Labute approximate surface area is 185 Å². The second-order valence-electron chi connectivity index (χ2n) is 6.40. The maximum atomic E-state index is 12.2. The molecule has 3 nitrogen and oxygen atoms in total. The molecule has 2 rings (SSSR count). The average molecular weight is 417 g/mol. The van der Waals surface area contributed by atoms with Gasteiger partial charge in [-0.3, -0.25) is 9.59 Å². The molecule has 2 aromatic rings. The van der Waals surface area contributed by atoms with Crippen LogP contribution in [0.3, 0.4) is 0 Å². The lowest BCUT2D eigenvalue weighted by molar-refractivity contribution is 0.0894. The first-order chi connectivity index (χ1) is 14.3. The number of hydrogen-bond donors (Lipinski definition) is 1. The Balaban J connectivity index is -0.000000815. The van der Waals surface area contributed by atoms with Crippen LogP contribution in [-0.2, 0) is 5.41 Å². The Kier molecular flexibility index (Phi) is 20.0. The standard InChI is InChI=1S/C19H20O3.4C2H6/c1-19(2,3)15-8-4-13(5-9-15)17(21)12-18(22)14-6-10-16(20)11-7-14;4*1-2/h4-11,20H,12H2,1-3H3;4*1-2H3. The van der Waals surface area contributed by atoms with Gasteiger partial charge in [-0.25, -0.2) is 0 Å². The third kappa shape index (κ3) is 12.2. The fourth-order valence-electron chi connectivity index (χ4n) is 2.15. The Morgan fingerprint density at radius 2 is 0.933 bits per heavy atom. The van der Waals surface area contributed by atoms with Gasteiger partial charge in [-0.15, -0.1) is 0 Å². The van der Waals surface area contributed by atoms with Crippen molar-refractivity contribution >= 4 is 11.6 Å². The molecule has 0 aromatic heterocycles. The molecule has 0 amide bonds. The lowest BCUT2D eigenvalue weighted by Crippen LogP contribution is -2.12. The summed E-state index contributed by atoms with van der Waals surface area (Å²) < 4.78 is 0. The molecule has 0 spiro atoms. The number of benzene rings is 2. The van der Waals surface area contributed by atoms with Crippen molar-refractivity contribution in [3.8, 4) is 5.75 Å². The first-order valence-corrected chi connectivity index (χ1v) is 11.2. The maximum Gasteiger partial charge on any atom is 0.170 e. The summed E-state index contributed by atoms with van der Waals surface area (Å²) in [5.74, 6) is -0.343. The Morgan fingerprint density at radius 1 is 0.633 bits per heavy atom. The molecule has 0 aliphatic carbocycles. The summed E-state index contributed by atoms with van der Waals surface area (Å²) >= 11 is 0. The normalized spacial score (nSPS) is 9.03. The van der Waals surface area contributed by atoms with Gasteiger partial charge < -0.3 is 5.11 Å². The molecule has 0 saturated carbocycles. The van der Waals surface area contributed by atoms with Gasteiger partial charge in [0.25, 0.3) is 0 Å². The van der Waals surface area contributed by atoms with Crippen molar-refractivity contribution in [1.29, 1.82) is 0 Å². The number of carbonyl (C=O) groups is 2. The van der Waals surface area contributed by atoms with E-state index in [2.05, 4.69) is 20.8 Å². The number of rotatable bonds is 4. The molecule has 0 fully saturated rings. The number of Topliss-reactive ketones (excluding diaryl/α,β-unsaturated/α-hetero) is 2. The predicted molar refractivity (Wildman–Crippen MR) is 132 cm³/mol. The molecule has 0 aliphatic rings. The monoisotopic (exact) mass is 416 g/mol. The van der Waals surface area contributed by atoms with Crippen LogP contribution in [0.1, 0.15) is 109 Å². The van der Waals surface area contributed by atoms with Crippen molar-refractivity contribution in [3.05, 3.63) is 65.2 Å². The topological polar surface area (TPSA) is 54.4 Å². The minimum atomic E-state index is -0.245. The van der Waals surface area contributed by atoms with Crippen molar-refractivity contribution in [3.63, 3.8) is 0 Å². The van der Waals surface area contributed by atoms with Gasteiger partial charge in [0.05, 0.1) is 6.42 Å². The molecule has 0 unspecified atom stereocenters. The molecule has 0 radical (unpaired) electrons. The van der Waals surface area contributed by atoms with Crippen LogP contribution in [0.2, 0.25) is 0 Å². The Morgan fingerprint density at radius 3 is 1.23 bits per heavy atom. The van der Waals surface area contributed by atoms with Gasteiger partial charge in [-0.2, -0.15) is 0 Å². The van der Waals surface area contributed by atoms with E-state index in [1.165, 1.54) is 24.3 Å². The van der Waals surface area contributed by atoms with E-state index in [9.17, 15) is 14.7 Å². The summed E-state index contributed by atoms with van der Waals surface area (Å²) in [5, 5.41) is 9.21. The maximum absolute atomic E-state index is 12.2. The number of phenolic OH excluding ortho intramolecular Hbond substituents is 1. The van der Waals surface area contributed by atoms with E-state index in [0.29, 0.717) is 11.1 Å². The molecular formula is C27H44O3. The molecule has 0 bridgehead atoms. The largest absolute Gasteiger partial charge is 0.508 e. The number of hydrogen-bond acceptors (Lipinski definition) is 3. The van der Waals surface area contributed by atoms with Crippen LogP contribution < -0.4 is 0 Å². The van der Waals surface area contributed by atoms with Gasteiger partial charge in [-0.05, 0) is 35.2 Å². The number of aromatic hydroxyl groups is 1. The minimum Gasteiger partial charge on any atom is -0.508 e. The van der Waals surface area contributed by atoms with Crippen molar-refractivity contribution in [2.45, 2.75) is 88.0 Å². The molecule has 0 atom stereocenters. The highest BCUT2D eigenvalue weighted by Gasteiger charge is 2.16. The molecule has 2 aromatic carbocycles. The van der Waals surface area contributed by atoms with Gasteiger partial charge in [0.2, 0.25) is 0 Å². The second-order valence-corrected chi connectivity index (χ2v) is 6.40. The molecule has 170 valence electrons. The van der Waals surface area contributed by atoms with Crippen LogP contribution in [0.5, 0.6) is 5.75 Å². The van der Waals surface area contributed by atoms with Crippen molar-refractivity contribution < 1.29 is 14.7 Å². The summed E-state index contributed by atoms with van der Waals surface area (Å²) in [6.07, 6.45) is -0.167. The van der Waals surface area contributed by atoms with Gasteiger partial charge in [0.1, 0.15) is 5.75 Å². The van der Waals surface area contributed by atoms with E-state index in [1.807, 2.05) is 67.5 Å². The fourth-order valence-corrected chi connectivity index (χ4v) is 2.15. The summed E-state index contributed by atoms with van der Waals surface area (Å²) in [7, 11) is 0. The van der Waals surface area contributed by atoms with Crippen molar-refractivity contribution in [2.24, 2.45) is 0 Å². The highest BCUT2D eigenvalue weighted by molar-refractivity contribution is 6.13. The van der Waals surface area contributed by atoms with Crippen LogP contribution in [0.15, 0.2) is 48.5 Å². The minimum absolute atomic E-state index is 0.0312. The van der Waals surface area contributed by atoms with Gasteiger partial charge in [-0.1, -0.05) is 100 Å². The van der Waals surface area contributed by atoms with Crippen LogP contribution >= 0.6 is 0 Å². The molecule has 0 saturated heterocycles. The van der Waals surface area contributed by atoms with E-state index in [0.717, 1.165) is 5.56 Å². The number of carbonyl (C=O) groups excluding carboxylic acids is 2. The SMILES string of the molecule is CC.CC.CC.CC.CC(C)(C)c1ccc(C(=O)CC(=O)c2ccc(O)cc2)cc1. The fraction of sp³-hybridized carbons (Fsp3) is 0.481. The zero-order valence-electron chi connectivity index (χ0n) is 21.1. The van der Waals surface area contributed by atoms with Gasteiger partial charge >= 0.3 is 0 Å². The van der Waals surface area contributed by atoms with Crippen LogP contribution in [-0.4, -0.2) is 16.7 Å². The highest BCUT2D eigenvalue weighted by atomic mass is 16.3. The zero-order chi connectivity index (χ0) is 24.3. The predicted octanol–water partition coefficient (Wildman–Crippen LogP) is 8.25. The summed E-state index contributed by atoms with van der Waals surface area (Å²) in [4.78, 5) is 24.2. The van der Waals surface area contributed by atoms with Gasteiger partial charge in [0.15, 0.2) is 11.6 Å². The van der Waals surface area contributed by atoms with Crippen molar-refractivity contribution in [2.75, 3.05) is 0 Å². The smallest absolute Gasteiger partial charge is 0.170 e. The second kappa shape index (κ2) is 18.6. The van der Waals surface area contributed by atoms with Crippen LogP contribution in [0, 0.1) is 0 Å². The zero-order valence-corrected chi connectivity index (χ0v) is 21.1. The summed E-state index contributed by atoms with van der Waals surface area (Å²) in [6.45, 7) is 22.3. The Hall–Kier alpha value is -2.42. The lowest BCUT2D eigenvalue weighted by atomic mass is 9.86. The van der Waals surface area contributed by atoms with Crippen molar-refractivity contribution in [1.82, 2.24) is 0 Å². The third-order valence-electron chi connectivity index (χ3n) is 3.58. The number of ketones is 2. The number of phenols is 1. The van der Waals surface area contributed by atoms with E-state index >= 15 is 0 Å². The molecule has 1 N–H and O–H groups in total. The molecule has 30 heavy (non-hydrogen) atoms. The molecule has 0 heterocycles. The highest BCUT2D eigenvalue weighted by Crippen LogP contribution is 2.22. The third-order valence-corrected chi connectivity index (χ3v) is 3.58. The summed E-state index contributed by atoms with van der Waals surface area (Å²) in [5.41, 5.74) is 2.15. The quantitative estimate of drug-likeness (QED) is 0.403. The Bertz CT molecular complexity index is 676.